The fraction of sp³-hybridized carbons (Fsp3) is 0.438. The van der Waals surface area contributed by atoms with Gasteiger partial charge in [0.15, 0.2) is 0 Å². The highest BCUT2D eigenvalue weighted by Crippen LogP contribution is 2.47. The van der Waals surface area contributed by atoms with Gasteiger partial charge in [-0.25, -0.2) is 0 Å². The van der Waals surface area contributed by atoms with Gasteiger partial charge in [0.2, 0.25) is 0 Å². The Kier molecular flexibility index (Phi) is 10.2. The average Bonchev–Trinajstić information content (AvgIpc) is 2.98. The van der Waals surface area contributed by atoms with Crippen LogP contribution in [0.3, 0.4) is 0 Å². The smallest absolute Gasteiger partial charge is 0.296 e. The molecule has 0 spiro atoms. The lowest BCUT2D eigenvalue weighted by atomic mass is 9.67. The Morgan fingerprint density at radius 3 is 1.64 bits per heavy atom. The van der Waals surface area contributed by atoms with Gasteiger partial charge in [-0.2, -0.15) is 16.8 Å². The van der Waals surface area contributed by atoms with E-state index in [0.717, 1.165) is 24.0 Å². The zero-order valence-corrected chi connectivity index (χ0v) is 26.6. The van der Waals surface area contributed by atoms with E-state index in [1.807, 2.05) is 19.1 Å². The molecule has 0 bridgehead atoms. The number of hydrogen-bond donors (Lipinski definition) is 1. The molecule has 1 saturated carbocycles. The topological polar surface area (TPSA) is 107 Å². The average molecular weight is 635 g/mol. The van der Waals surface area contributed by atoms with E-state index in [4.69, 9.17) is 20.0 Å². The molecule has 0 aliphatic heterocycles. The molecule has 1 aliphatic carbocycles. The van der Waals surface area contributed by atoms with Gasteiger partial charge >= 0.3 is 0 Å². The van der Waals surface area contributed by atoms with Crippen molar-refractivity contribution in [3.63, 3.8) is 0 Å². The molecule has 1 N–H and O–H groups in total. The van der Waals surface area contributed by atoms with Gasteiger partial charge in [-0.3, -0.25) is 8.37 Å². The molecular formula is C32H39ClO7S2. The molecule has 10 heteroatoms. The van der Waals surface area contributed by atoms with Gasteiger partial charge in [0.25, 0.3) is 20.2 Å². The van der Waals surface area contributed by atoms with Crippen molar-refractivity contribution in [2.75, 3.05) is 13.2 Å². The molecule has 0 atom stereocenters. The van der Waals surface area contributed by atoms with Crippen molar-refractivity contribution < 1.29 is 30.3 Å². The third-order valence-electron chi connectivity index (χ3n) is 8.50. The molecular weight excluding hydrogens is 596 g/mol. The van der Waals surface area contributed by atoms with Crippen LogP contribution in [0, 0.1) is 12.3 Å². The fourth-order valence-electron chi connectivity index (χ4n) is 5.49. The Morgan fingerprint density at radius 2 is 1.19 bits per heavy atom. The minimum Gasteiger partial charge on any atom is -0.385 e. The first-order chi connectivity index (χ1) is 19.8. The maximum absolute atomic E-state index is 13.2. The minimum absolute atomic E-state index is 0.0165. The summed E-state index contributed by atoms with van der Waals surface area (Å²) >= 11 is 6.03. The predicted octanol–water partition coefficient (Wildman–Crippen LogP) is 7.11. The first-order valence-electron chi connectivity index (χ1n) is 14.3. The van der Waals surface area contributed by atoms with Crippen molar-refractivity contribution in [1.29, 1.82) is 0 Å². The summed E-state index contributed by atoms with van der Waals surface area (Å²) in [5, 5.41) is 12.0. The Balaban J connectivity index is 1.55. The van der Waals surface area contributed by atoms with Crippen molar-refractivity contribution >= 4 is 31.8 Å². The lowest BCUT2D eigenvalue weighted by Gasteiger charge is -2.43. The fourth-order valence-corrected chi connectivity index (χ4v) is 7.63. The highest BCUT2D eigenvalue weighted by Gasteiger charge is 2.45. The van der Waals surface area contributed by atoms with Crippen LogP contribution >= 0.6 is 11.6 Å². The van der Waals surface area contributed by atoms with Crippen LogP contribution < -0.4 is 0 Å². The number of benzene rings is 3. The zero-order chi connectivity index (χ0) is 30.6. The van der Waals surface area contributed by atoms with Crippen LogP contribution in [0.1, 0.15) is 75.0 Å². The van der Waals surface area contributed by atoms with Crippen LogP contribution in [0.15, 0.2) is 82.6 Å². The Labute approximate surface area is 255 Å². The van der Waals surface area contributed by atoms with Gasteiger partial charge < -0.3 is 5.11 Å². The molecule has 228 valence electrons. The second-order valence-electron chi connectivity index (χ2n) is 11.4. The molecule has 0 saturated heterocycles. The van der Waals surface area contributed by atoms with E-state index < -0.39 is 31.3 Å². The number of aryl methyl sites for hydroxylation is 1. The molecule has 0 radical (unpaired) electrons. The summed E-state index contributed by atoms with van der Waals surface area (Å²) in [5.74, 6) is 0.347. The Morgan fingerprint density at radius 1 is 0.738 bits per heavy atom. The Hall–Kier alpha value is -2.27. The molecule has 0 unspecified atom stereocenters. The van der Waals surface area contributed by atoms with Crippen LogP contribution in [-0.2, 0) is 34.2 Å². The second-order valence-corrected chi connectivity index (χ2v) is 15.0. The van der Waals surface area contributed by atoms with Gasteiger partial charge in [-0.1, -0.05) is 67.4 Å². The second kappa shape index (κ2) is 13.2. The van der Waals surface area contributed by atoms with E-state index in [1.165, 1.54) is 12.1 Å². The molecule has 0 aromatic heterocycles. The standard InChI is InChI=1S/C32H39ClO7S2/c1-4-25(5-2)26-8-16-30(17-9-26)42(37,38)40-23-31(22-39-41(35,36)29-14-6-24(3)7-15-29)18-20-32(34,21-19-31)27-10-12-28(33)13-11-27/h6-17,25,34H,4-5,18-23H2,1-3H3. The van der Waals surface area contributed by atoms with Crippen LogP contribution in [0.5, 0.6) is 0 Å². The van der Waals surface area contributed by atoms with Crippen molar-refractivity contribution in [2.45, 2.75) is 80.6 Å². The number of rotatable bonds is 12. The number of aliphatic hydroxyl groups is 1. The molecule has 0 heterocycles. The third kappa shape index (κ3) is 7.62. The van der Waals surface area contributed by atoms with Crippen LogP contribution in [0.4, 0.5) is 0 Å². The van der Waals surface area contributed by atoms with Crippen molar-refractivity contribution in [3.05, 3.63) is 94.5 Å². The molecule has 3 aromatic carbocycles. The van der Waals surface area contributed by atoms with Gasteiger partial charge in [-0.05, 0) is 98.9 Å². The lowest BCUT2D eigenvalue weighted by Crippen LogP contribution is -2.43. The first kappa shape index (κ1) is 32.6. The van der Waals surface area contributed by atoms with E-state index >= 15 is 0 Å². The predicted molar refractivity (Wildman–Crippen MR) is 163 cm³/mol. The number of hydrogen-bond acceptors (Lipinski definition) is 7. The summed E-state index contributed by atoms with van der Waals surface area (Å²) in [4.78, 5) is 0.0526. The van der Waals surface area contributed by atoms with Gasteiger partial charge in [0.05, 0.1) is 28.6 Å². The maximum atomic E-state index is 13.2. The summed E-state index contributed by atoms with van der Waals surface area (Å²) in [6, 6.07) is 20.0. The summed E-state index contributed by atoms with van der Waals surface area (Å²) < 4.78 is 63.6. The van der Waals surface area contributed by atoms with Crippen LogP contribution in [0.2, 0.25) is 5.02 Å². The summed E-state index contributed by atoms with van der Waals surface area (Å²) in [5.41, 5.74) is 0.525. The summed E-state index contributed by atoms with van der Waals surface area (Å²) in [6.07, 6.45) is 2.98. The van der Waals surface area contributed by atoms with Gasteiger partial charge in [-0.15, -0.1) is 0 Å². The van der Waals surface area contributed by atoms with Crippen molar-refractivity contribution in [1.82, 2.24) is 0 Å². The highest BCUT2D eigenvalue weighted by molar-refractivity contribution is 7.87. The summed E-state index contributed by atoms with van der Waals surface area (Å²) in [6.45, 7) is 5.47. The molecule has 3 aromatic rings. The molecule has 0 amide bonds. The maximum Gasteiger partial charge on any atom is 0.296 e. The SMILES string of the molecule is CCC(CC)c1ccc(S(=O)(=O)OCC2(COS(=O)(=O)c3ccc(C)cc3)CCC(O)(c3ccc(Cl)cc3)CC2)cc1. The van der Waals surface area contributed by atoms with E-state index in [1.54, 1.807) is 48.5 Å². The van der Waals surface area contributed by atoms with Crippen LogP contribution in [0.25, 0.3) is 0 Å². The van der Waals surface area contributed by atoms with Gasteiger partial charge in [0.1, 0.15) is 0 Å². The Bertz CT molecular complexity index is 1540. The largest absolute Gasteiger partial charge is 0.385 e. The third-order valence-corrected chi connectivity index (χ3v) is 11.3. The van der Waals surface area contributed by atoms with Gasteiger partial charge in [0, 0.05) is 10.4 Å². The molecule has 42 heavy (non-hydrogen) atoms. The summed E-state index contributed by atoms with van der Waals surface area (Å²) in [7, 11) is -8.24. The van der Waals surface area contributed by atoms with E-state index in [0.29, 0.717) is 16.5 Å². The lowest BCUT2D eigenvalue weighted by molar-refractivity contribution is -0.0622. The minimum atomic E-state index is -4.13. The number of halogens is 1. The molecule has 1 fully saturated rings. The van der Waals surface area contributed by atoms with E-state index in [2.05, 4.69) is 13.8 Å². The van der Waals surface area contributed by atoms with Crippen LogP contribution in [-0.4, -0.2) is 35.2 Å². The normalized spacial score (nSPS) is 21.5. The van der Waals surface area contributed by atoms with E-state index in [9.17, 15) is 21.9 Å². The van der Waals surface area contributed by atoms with Crippen molar-refractivity contribution in [2.24, 2.45) is 5.41 Å². The first-order valence-corrected chi connectivity index (χ1v) is 17.4. The zero-order valence-electron chi connectivity index (χ0n) is 24.3. The highest BCUT2D eigenvalue weighted by atomic mass is 35.5. The monoisotopic (exact) mass is 634 g/mol. The molecule has 7 nitrogen and oxygen atoms in total. The quantitative estimate of drug-likeness (QED) is 0.212. The molecule has 1 aliphatic rings. The molecule has 4 rings (SSSR count). The van der Waals surface area contributed by atoms with Crippen molar-refractivity contribution in [3.8, 4) is 0 Å². The van der Waals surface area contributed by atoms with E-state index in [-0.39, 0.29) is 48.7 Å².